The Kier molecular flexibility index (Phi) is 4.76. The van der Waals surface area contributed by atoms with Crippen LogP contribution in [0.5, 0.6) is 11.5 Å². The van der Waals surface area contributed by atoms with Gasteiger partial charge in [0.15, 0.2) is 11.5 Å². The lowest BCUT2D eigenvalue weighted by molar-refractivity contribution is -0.123. The maximum absolute atomic E-state index is 12.1. The number of hydrogen-bond donors (Lipinski definition) is 1. The van der Waals surface area contributed by atoms with Gasteiger partial charge >= 0.3 is 0 Å². The summed E-state index contributed by atoms with van der Waals surface area (Å²) in [5.41, 5.74) is 0.315. The van der Waals surface area contributed by atoms with Crippen LogP contribution >= 0.6 is 0 Å². The van der Waals surface area contributed by atoms with E-state index in [-0.39, 0.29) is 12.0 Å². The second-order valence-electron chi connectivity index (χ2n) is 6.59. The topological polar surface area (TPSA) is 47.6 Å². The maximum Gasteiger partial charge on any atom is 0.229 e. The number of ether oxygens (including phenoxy) is 2. The summed E-state index contributed by atoms with van der Waals surface area (Å²) in [5.74, 6) is 1.39. The number of nitrogens with one attached hydrogen (secondary N) is 1. The van der Waals surface area contributed by atoms with E-state index in [1.54, 1.807) is 7.11 Å². The van der Waals surface area contributed by atoms with Crippen LogP contribution in [0, 0.1) is 5.41 Å². The molecule has 0 aliphatic heterocycles. The van der Waals surface area contributed by atoms with Gasteiger partial charge in [-0.1, -0.05) is 20.8 Å². The first kappa shape index (κ1) is 15.7. The summed E-state index contributed by atoms with van der Waals surface area (Å²) in [6.07, 6.45) is 4.86. The monoisotopic (exact) mass is 291 g/mol. The standard InChI is InChI=1S/C17H25NO3/c1-17(2,3)16(19)18-12-9-10-14(20-4)15(11-12)21-13-7-5-6-8-13/h9-11,13H,5-8H2,1-4H3,(H,18,19). The summed E-state index contributed by atoms with van der Waals surface area (Å²) in [6.45, 7) is 5.67. The van der Waals surface area contributed by atoms with Gasteiger partial charge in [0.2, 0.25) is 5.91 Å². The highest BCUT2D eigenvalue weighted by Gasteiger charge is 2.22. The first-order chi connectivity index (χ1) is 9.90. The molecule has 21 heavy (non-hydrogen) atoms. The molecule has 0 spiro atoms. The van der Waals surface area contributed by atoms with E-state index in [9.17, 15) is 4.79 Å². The number of anilines is 1. The summed E-state index contributed by atoms with van der Waals surface area (Å²) in [7, 11) is 1.63. The molecule has 1 aromatic carbocycles. The third kappa shape index (κ3) is 4.13. The van der Waals surface area contributed by atoms with Gasteiger partial charge in [-0.15, -0.1) is 0 Å². The molecule has 0 radical (unpaired) electrons. The normalized spacial score (nSPS) is 15.8. The summed E-state index contributed by atoms with van der Waals surface area (Å²) >= 11 is 0. The quantitative estimate of drug-likeness (QED) is 0.912. The van der Waals surface area contributed by atoms with Gasteiger partial charge in [-0.2, -0.15) is 0 Å². The maximum atomic E-state index is 12.1. The van der Waals surface area contributed by atoms with Gasteiger partial charge in [-0.25, -0.2) is 0 Å². The molecule has 1 aromatic rings. The Bertz CT molecular complexity index is 499. The number of hydrogen-bond acceptors (Lipinski definition) is 3. The molecular formula is C17H25NO3. The SMILES string of the molecule is COc1ccc(NC(=O)C(C)(C)C)cc1OC1CCCC1. The van der Waals surface area contributed by atoms with Crippen molar-refractivity contribution in [1.29, 1.82) is 0 Å². The van der Waals surface area contributed by atoms with E-state index in [0.29, 0.717) is 11.5 Å². The van der Waals surface area contributed by atoms with Gasteiger partial charge in [0.1, 0.15) is 0 Å². The van der Waals surface area contributed by atoms with E-state index >= 15 is 0 Å². The number of carbonyl (C=O) groups excluding carboxylic acids is 1. The van der Waals surface area contributed by atoms with Crippen molar-refractivity contribution >= 4 is 11.6 Å². The molecule has 4 nitrogen and oxygen atoms in total. The highest BCUT2D eigenvalue weighted by Crippen LogP contribution is 2.34. The molecule has 0 aromatic heterocycles. The van der Waals surface area contributed by atoms with Gasteiger partial charge in [0, 0.05) is 17.2 Å². The van der Waals surface area contributed by atoms with Crippen LogP contribution in [0.1, 0.15) is 46.5 Å². The average molecular weight is 291 g/mol. The fourth-order valence-corrected chi connectivity index (χ4v) is 2.35. The van der Waals surface area contributed by atoms with Crippen molar-refractivity contribution in [3.05, 3.63) is 18.2 Å². The Balaban J connectivity index is 2.14. The van der Waals surface area contributed by atoms with Crippen LogP contribution in [-0.2, 0) is 4.79 Å². The van der Waals surface area contributed by atoms with Crippen molar-refractivity contribution in [2.24, 2.45) is 5.41 Å². The predicted molar refractivity (Wildman–Crippen MR) is 84.0 cm³/mol. The Hall–Kier alpha value is -1.71. The van der Waals surface area contributed by atoms with Crippen molar-refractivity contribution in [2.45, 2.75) is 52.6 Å². The zero-order chi connectivity index (χ0) is 15.5. The molecule has 1 fully saturated rings. The van der Waals surface area contributed by atoms with E-state index in [0.717, 1.165) is 18.5 Å². The Morgan fingerprint density at radius 3 is 2.43 bits per heavy atom. The highest BCUT2D eigenvalue weighted by atomic mass is 16.5. The van der Waals surface area contributed by atoms with Gasteiger partial charge < -0.3 is 14.8 Å². The van der Waals surface area contributed by atoms with Crippen molar-refractivity contribution in [2.75, 3.05) is 12.4 Å². The number of benzene rings is 1. The van der Waals surface area contributed by atoms with Crippen LogP contribution in [-0.4, -0.2) is 19.1 Å². The molecule has 0 atom stereocenters. The molecule has 1 saturated carbocycles. The third-order valence-electron chi connectivity index (χ3n) is 3.70. The average Bonchev–Trinajstić information content (AvgIpc) is 2.91. The number of carbonyl (C=O) groups is 1. The molecule has 0 unspecified atom stereocenters. The minimum atomic E-state index is -0.424. The fraction of sp³-hybridized carbons (Fsp3) is 0.588. The van der Waals surface area contributed by atoms with E-state index in [1.165, 1.54) is 12.8 Å². The molecule has 4 heteroatoms. The summed E-state index contributed by atoms with van der Waals surface area (Å²) in [6, 6.07) is 5.52. The van der Waals surface area contributed by atoms with Crippen LogP contribution in [0.4, 0.5) is 5.69 Å². The molecule has 2 rings (SSSR count). The molecule has 1 amide bonds. The number of rotatable bonds is 4. The van der Waals surface area contributed by atoms with Crippen LogP contribution in [0.2, 0.25) is 0 Å². The Labute approximate surface area is 126 Å². The Morgan fingerprint density at radius 1 is 1.19 bits per heavy atom. The first-order valence-corrected chi connectivity index (χ1v) is 7.56. The lowest BCUT2D eigenvalue weighted by Gasteiger charge is -2.20. The van der Waals surface area contributed by atoms with Crippen LogP contribution < -0.4 is 14.8 Å². The van der Waals surface area contributed by atoms with Gasteiger partial charge in [0.25, 0.3) is 0 Å². The molecule has 1 aliphatic rings. The molecule has 0 saturated heterocycles. The first-order valence-electron chi connectivity index (χ1n) is 7.56. The van der Waals surface area contributed by atoms with Gasteiger partial charge in [-0.05, 0) is 37.8 Å². The van der Waals surface area contributed by atoms with Crippen LogP contribution in [0.3, 0.4) is 0 Å². The predicted octanol–water partition coefficient (Wildman–Crippen LogP) is 4.00. The van der Waals surface area contributed by atoms with Crippen molar-refractivity contribution in [3.63, 3.8) is 0 Å². The van der Waals surface area contributed by atoms with Crippen molar-refractivity contribution in [3.8, 4) is 11.5 Å². The largest absolute Gasteiger partial charge is 0.493 e. The van der Waals surface area contributed by atoms with Crippen LogP contribution in [0.25, 0.3) is 0 Å². The summed E-state index contributed by atoms with van der Waals surface area (Å²) in [4.78, 5) is 12.1. The van der Waals surface area contributed by atoms with Gasteiger partial charge in [-0.3, -0.25) is 4.79 Å². The van der Waals surface area contributed by atoms with Crippen molar-refractivity contribution < 1.29 is 14.3 Å². The summed E-state index contributed by atoms with van der Waals surface area (Å²) < 4.78 is 11.4. The van der Waals surface area contributed by atoms with E-state index in [2.05, 4.69) is 5.32 Å². The second kappa shape index (κ2) is 6.37. The highest BCUT2D eigenvalue weighted by molar-refractivity contribution is 5.94. The minimum absolute atomic E-state index is 0.0144. The lowest BCUT2D eigenvalue weighted by atomic mass is 9.95. The zero-order valence-electron chi connectivity index (χ0n) is 13.4. The number of methoxy groups -OCH3 is 1. The molecular weight excluding hydrogens is 266 g/mol. The fourth-order valence-electron chi connectivity index (χ4n) is 2.35. The molecule has 116 valence electrons. The number of amides is 1. The Morgan fingerprint density at radius 2 is 1.86 bits per heavy atom. The molecule has 0 bridgehead atoms. The third-order valence-corrected chi connectivity index (χ3v) is 3.70. The lowest BCUT2D eigenvalue weighted by Crippen LogP contribution is -2.27. The minimum Gasteiger partial charge on any atom is -0.493 e. The van der Waals surface area contributed by atoms with E-state index in [4.69, 9.17) is 9.47 Å². The molecule has 1 N–H and O–H groups in total. The molecule has 1 aliphatic carbocycles. The van der Waals surface area contributed by atoms with Crippen LogP contribution in [0.15, 0.2) is 18.2 Å². The van der Waals surface area contributed by atoms with Crippen molar-refractivity contribution in [1.82, 2.24) is 0 Å². The van der Waals surface area contributed by atoms with E-state index in [1.807, 2.05) is 39.0 Å². The van der Waals surface area contributed by atoms with E-state index < -0.39 is 5.41 Å². The smallest absolute Gasteiger partial charge is 0.229 e. The zero-order valence-corrected chi connectivity index (χ0v) is 13.4. The molecule has 0 heterocycles. The summed E-state index contributed by atoms with van der Waals surface area (Å²) in [5, 5.41) is 2.92. The van der Waals surface area contributed by atoms with Gasteiger partial charge in [0.05, 0.1) is 13.2 Å². The second-order valence-corrected chi connectivity index (χ2v) is 6.59.